The van der Waals surface area contributed by atoms with Gasteiger partial charge in [0.05, 0.1) is 23.9 Å². The molecule has 282 valence electrons. The van der Waals surface area contributed by atoms with Gasteiger partial charge < -0.3 is 49.2 Å². The van der Waals surface area contributed by atoms with Crippen LogP contribution in [0.4, 0.5) is 4.79 Å². The van der Waals surface area contributed by atoms with Crippen LogP contribution in [0.1, 0.15) is 88.0 Å². The fraction of sp³-hybridized carbons (Fsp3) is 0.917. The van der Waals surface area contributed by atoms with Crippen molar-refractivity contribution in [1.82, 2.24) is 20.4 Å². The van der Waals surface area contributed by atoms with E-state index >= 15 is 0 Å². The second kappa shape index (κ2) is 15.4. The summed E-state index contributed by atoms with van der Waals surface area (Å²) in [5.41, 5.74) is -3.70. The largest absolute Gasteiger partial charge is 0.457 e. The van der Waals surface area contributed by atoms with E-state index in [-0.39, 0.29) is 49.0 Å². The minimum absolute atomic E-state index is 0.0561. The summed E-state index contributed by atoms with van der Waals surface area (Å²) < 4.78 is 32.1. The van der Waals surface area contributed by atoms with E-state index in [1.54, 1.807) is 20.8 Å². The van der Waals surface area contributed by atoms with Crippen molar-refractivity contribution in [1.29, 1.82) is 0 Å². The average molecular weight is 697 g/mol. The number of amides is 1. The first kappa shape index (κ1) is 39.9. The van der Waals surface area contributed by atoms with Gasteiger partial charge in [0.1, 0.15) is 17.6 Å². The Morgan fingerprint density at radius 2 is 1.82 bits per heavy atom. The van der Waals surface area contributed by atoms with Crippen LogP contribution < -0.4 is 10.6 Å². The van der Waals surface area contributed by atoms with E-state index in [0.717, 1.165) is 0 Å². The minimum Gasteiger partial charge on any atom is -0.457 e. The summed E-state index contributed by atoms with van der Waals surface area (Å²) in [4.78, 5) is 45.8. The fourth-order valence-electron chi connectivity index (χ4n) is 8.65. The van der Waals surface area contributed by atoms with E-state index in [2.05, 4.69) is 36.3 Å². The molecule has 13 nitrogen and oxygen atoms in total. The molecular formula is C36H64N4O9. The molecule has 5 aliphatic heterocycles. The highest BCUT2D eigenvalue weighted by Crippen LogP contribution is 2.43. The van der Waals surface area contributed by atoms with Crippen LogP contribution in [0.3, 0.4) is 0 Å². The Morgan fingerprint density at radius 3 is 2.43 bits per heavy atom. The van der Waals surface area contributed by atoms with Crippen LogP contribution in [0.2, 0.25) is 0 Å². The average Bonchev–Trinajstić information content (AvgIpc) is 3.33. The number of carbonyl (C=O) groups is 3. The van der Waals surface area contributed by atoms with Crippen LogP contribution in [-0.2, 0) is 33.3 Å². The van der Waals surface area contributed by atoms with Crippen molar-refractivity contribution in [2.45, 2.75) is 154 Å². The number of nitrogens with one attached hydrogen (secondary N) is 2. The molecule has 5 heterocycles. The van der Waals surface area contributed by atoms with Crippen molar-refractivity contribution in [2.24, 2.45) is 17.3 Å². The summed E-state index contributed by atoms with van der Waals surface area (Å²) >= 11 is 0. The smallest absolute Gasteiger partial charge is 0.408 e. The number of ketones is 1. The summed E-state index contributed by atoms with van der Waals surface area (Å²) in [6.45, 7) is 18.7. The van der Waals surface area contributed by atoms with Gasteiger partial charge in [-0.1, -0.05) is 34.6 Å². The number of aliphatic hydroxyl groups excluding tert-OH is 1. The van der Waals surface area contributed by atoms with Crippen molar-refractivity contribution >= 4 is 17.8 Å². The molecule has 49 heavy (non-hydrogen) atoms. The molecule has 0 aliphatic carbocycles. The minimum atomic E-state index is -1.56. The predicted molar refractivity (Wildman–Crippen MR) is 184 cm³/mol. The molecule has 5 rings (SSSR count). The maximum absolute atomic E-state index is 14.7. The molecule has 0 aromatic carbocycles. The summed E-state index contributed by atoms with van der Waals surface area (Å²) in [6, 6.07) is -0.647. The maximum Gasteiger partial charge on any atom is 0.408 e. The van der Waals surface area contributed by atoms with Gasteiger partial charge in [-0.2, -0.15) is 0 Å². The lowest BCUT2D eigenvalue weighted by molar-refractivity contribution is -0.301. The van der Waals surface area contributed by atoms with Gasteiger partial charge in [0, 0.05) is 43.7 Å². The van der Waals surface area contributed by atoms with Crippen molar-refractivity contribution < 1.29 is 43.2 Å². The molecule has 3 N–H and O–H groups in total. The quantitative estimate of drug-likeness (QED) is 0.266. The Hall–Kier alpha value is -1.87. The third-order valence-corrected chi connectivity index (χ3v) is 11.7. The number of rotatable bonds is 7. The van der Waals surface area contributed by atoms with Gasteiger partial charge in [0.25, 0.3) is 0 Å². The number of hydrogen-bond donors (Lipinski definition) is 3. The summed E-state index contributed by atoms with van der Waals surface area (Å²) in [7, 11) is 5.86. The van der Waals surface area contributed by atoms with E-state index in [4.69, 9.17) is 23.7 Å². The van der Waals surface area contributed by atoms with E-state index in [1.807, 2.05) is 46.8 Å². The van der Waals surface area contributed by atoms with Gasteiger partial charge in [-0.3, -0.25) is 9.59 Å². The first-order valence-electron chi connectivity index (χ1n) is 18.2. The Bertz CT molecular complexity index is 1190. The number of hydrogen-bond acceptors (Lipinski definition) is 12. The molecular weight excluding hydrogens is 632 g/mol. The number of alkyl carbamates (subject to hydrolysis) is 1. The van der Waals surface area contributed by atoms with Crippen molar-refractivity contribution in [2.75, 3.05) is 40.8 Å². The predicted octanol–water partition coefficient (Wildman–Crippen LogP) is 2.72. The highest BCUT2D eigenvalue weighted by Gasteiger charge is 2.59. The highest BCUT2D eigenvalue weighted by molar-refractivity contribution is 6.04. The number of carbonyl (C=O) groups excluding carboxylic acids is 3. The van der Waals surface area contributed by atoms with Gasteiger partial charge in [0.2, 0.25) is 0 Å². The van der Waals surface area contributed by atoms with Crippen LogP contribution in [0.15, 0.2) is 0 Å². The fourth-order valence-corrected chi connectivity index (χ4v) is 8.65. The molecule has 5 aliphatic rings. The van der Waals surface area contributed by atoms with Gasteiger partial charge in [-0.05, 0) is 80.4 Å². The summed E-state index contributed by atoms with van der Waals surface area (Å²) in [6.07, 6.45) is -2.87. The van der Waals surface area contributed by atoms with Gasteiger partial charge in [0.15, 0.2) is 17.7 Å². The molecule has 0 aromatic rings. The summed E-state index contributed by atoms with van der Waals surface area (Å²) in [5.74, 6) is -1.78. The molecule has 2 unspecified atom stereocenters. The Kier molecular flexibility index (Phi) is 12.5. The van der Waals surface area contributed by atoms with Crippen LogP contribution in [0.25, 0.3) is 0 Å². The second-order valence-corrected chi connectivity index (χ2v) is 16.4. The molecule has 2 bridgehead atoms. The van der Waals surface area contributed by atoms with Crippen molar-refractivity contribution in [3.8, 4) is 0 Å². The first-order chi connectivity index (χ1) is 22.8. The Balaban J connectivity index is 1.77. The van der Waals surface area contributed by atoms with E-state index in [0.29, 0.717) is 32.4 Å². The third-order valence-electron chi connectivity index (χ3n) is 11.7. The zero-order chi connectivity index (χ0) is 36.6. The Labute approximate surface area is 293 Å². The van der Waals surface area contributed by atoms with E-state index in [1.165, 1.54) is 0 Å². The molecule has 5 saturated heterocycles. The lowest BCUT2D eigenvalue weighted by Gasteiger charge is -2.49. The Morgan fingerprint density at radius 1 is 1.14 bits per heavy atom. The standard InChI is InChI=1S/C36H64N4O9/c1-13-26-36(9)28(38-33(44)49-36)23(6)40(12)19-21(4)17-35(8)30(22(5)29(42)34(7,14-15-45-35)32(43)47-26)48-31-27(41)25(39(10)11)16-24(46-31)18-37-20(2)3/h20-28,30-31,37,41H,13-19H2,1-12H3,(H,38,44)/t21-,22+,23-,24+,25?,26-,27?,28-,30-,31+,34+,35+,36-/m1/s1. The molecule has 13 atom stereocenters. The SMILES string of the molecule is CC[C@H]1OC(=O)[C@@]2(C)CCO[C@@](C)(C[C@@H](C)CN(C)[C@H](C)[C@H]3NC(=O)O[C@@]31C)[C@H](O[C@@H]1O[C@H](CNC(C)C)CC(N(C)C)C1O)[C@@H](C)C2=O. The monoisotopic (exact) mass is 696 g/mol. The van der Waals surface area contributed by atoms with Crippen molar-refractivity contribution in [3.63, 3.8) is 0 Å². The van der Waals surface area contributed by atoms with Crippen molar-refractivity contribution in [3.05, 3.63) is 0 Å². The first-order valence-corrected chi connectivity index (χ1v) is 18.2. The van der Waals surface area contributed by atoms with Crippen LogP contribution in [0.5, 0.6) is 0 Å². The highest BCUT2D eigenvalue weighted by atomic mass is 16.7. The molecule has 0 spiro atoms. The lowest BCUT2D eigenvalue weighted by Crippen LogP contribution is -2.62. The number of nitrogens with zero attached hydrogens (tertiary/aromatic N) is 2. The van der Waals surface area contributed by atoms with E-state index < -0.39 is 65.2 Å². The maximum atomic E-state index is 14.7. The summed E-state index contributed by atoms with van der Waals surface area (Å²) in [5, 5.41) is 18.0. The number of Topliss-reactive ketones (excluding diaryl/α,β-unsaturated/α-hetero) is 1. The molecule has 0 radical (unpaired) electrons. The zero-order valence-electron chi connectivity index (χ0n) is 31.9. The van der Waals surface area contributed by atoms with Gasteiger partial charge >= 0.3 is 12.1 Å². The third kappa shape index (κ3) is 8.13. The van der Waals surface area contributed by atoms with Crippen LogP contribution >= 0.6 is 0 Å². The normalized spacial score (nSPS) is 44.5. The lowest BCUT2D eigenvalue weighted by atomic mass is 9.70. The van der Waals surface area contributed by atoms with Crippen LogP contribution in [0, 0.1) is 17.3 Å². The zero-order valence-corrected chi connectivity index (χ0v) is 31.9. The van der Waals surface area contributed by atoms with Crippen LogP contribution in [-0.4, -0.2) is 140 Å². The second-order valence-electron chi connectivity index (χ2n) is 16.4. The molecule has 5 fully saturated rings. The van der Waals surface area contributed by atoms with E-state index in [9.17, 15) is 19.5 Å². The molecule has 0 saturated carbocycles. The number of aliphatic hydroxyl groups is 1. The number of ether oxygens (including phenoxy) is 5. The number of esters is 1. The molecule has 13 heteroatoms. The molecule has 1 amide bonds. The topological polar surface area (TPSA) is 148 Å². The van der Waals surface area contributed by atoms with Gasteiger partial charge in [-0.15, -0.1) is 0 Å². The molecule has 0 aromatic heterocycles. The number of fused-ring (bicyclic) bond motifs is 10. The van der Waals surface area contributed by atoms with Gasteiger partial charge in [-0.25, -0.2) is 4.79 Å². The number of likely N-dealkylation sites (N-methyl/N-ethyl adjacent to an activating group) is 2.